The zero-order chi connectivity index (χ0) is 70.6. The van der Waals surface area contributed by atoms with Crippen LogP contribution in [0.1, 0.15) is 161 Å². The zero-order valence-electron chi connectivity index (χ0n) is 56.3. The molecule has 0 amide bonds. The molecule has 0 spiro atoms. The van der Waals surface area contributed by atoms with Gasteiger partial charge in [0.2, 0.25) is 11.6 Å². The van der Waals surface area contributed by atoms with E-state index >= 15 is 0 Å². The van der Waals surface area contributed by atoms with Crippen molar-refractivity contribution in [2.45, 2.75) is 190 Å². The summed E-state index contributed by atoms with van der Waals surface area (Å²) in [6, 6.07) is 0. The number of esters is 4. The highest BCUT2D eigenvalue weighted by Crippen LogP contribution is 2.71. The summed E-state index contributed by atoms with van der Waals surface area (Å²) in [4.78, 5) is 101. The fourth-order valence-corrected chi connectivity index (χ4v) is 21.1. The van der Waals surface area contributed by atoms with Gasteiger partial charge in [0.15, 0.2) is 42.3 Å². The Kier molecular flexibility index (Phi) is 25.3. The Balaban J connectivity index is 0.000000244. The van der Waals surface area contributed by atoms with Gasteiger partial charge in [-0.25, -0.2) is 0 Å². The SMILES string of the molecule is CCC(=O)O[C@]1(C(=O)COC(C)=O)CC[C@H]2[C@@H]3C[C@H](C)C4=CC(=O)C=C[C@]4(C)[C@H]3[C@@H](O)C[C@@]21C.CCOP(=O)(COS(=O)(=O)C(F)(F)F)OCC.CCOP(=O)(CO[C@H]1C[C@@]2(C)[C@@H](CC[C@]2(OC(=O)CC)C(=O)COC(C)=O)[C@@H]2C[C@H](C)C3=CC(=O)C=C[C@]3(C)[C@H]21)OCC. The van der Waals surface area contributed by atoms with Crippen LogP contribution in [-0.4, -0.2) is 142 Å². The highest BCUT2D eigenvalue weighted by Gasteiger charge is 2.73. The first-order valence-corrected chi connectivity index (χ1v) is 37.2. The number of carbonyl (C=O) groups is 8. The number of halogens is 3. The normalized spacial score (nSPS) is 34.7. The number of alkyl halides is 3. The van der Waals surface area contributed by atoms with Crippen molar-refractivity contribution >= 4 is 72.3 Å². The maximum absolute atomic E-state index is 14.0. The molecule has 0 unspecified atom stereocenters. The number of hydrogen-bond acceptors (Lipinski definition) is 23. The first-order valence-electron chi connectivity index (χ1n) is 32.4. The van der Waals surface area contributed by atoms with E-state index in [9.17, 15) is 74.2 Å². The van der Waals surface area contributed by atoms with Crippen LogP contribution in [0, 0.1) is 69.0 Å². The summed E-state index contributed by atoms with van der Waals surface area (Å²) in [5.41, 5.74) is -9.04. The number of rotatable bonds is 24. The van der Waals surface area contributed by atoms with Gasteiger partial charge in [0.1, 0.15) is 6.35 Å². The van der Waals surface area contributed by atoms with Crippen molar-refractivity contribution in [2.75, 3.05) is 52.3 Å². The van der Waals surface area contributed by atoms with Crippen LogP contribution < -0.4 is 0 Å². The largest absolute Gasteiger partial charge is 0.523 e. The number of allylic oxidation sites excluding steroid dienone is 8. The first-order chi connectivity index (χ1) is 43.7. The molecule has 8 aliphatic rings. The van der Waals surface area contributed by atoms with Crippen molar-refractivity contribution < 1.29 is 120 Å². The van der Waals surface area contributed by atoms with Gasteiger partial charge in [0.05, 0.1) is 38.6 Å². The van der Waals surface area contributed by atoms with E-state index in [1.807, 2.05) is 26.0 Å². The molecule has 23 nitrogen and oxygen atoms in total. The van der Waals surface area contributed by atoms with Crippen LogP contribution in [0.4, 0.5) is 13.2 Å². The third-order valence-corrected chi connectivity index (χ3v) is 25.8. The lowest BCUT2D eigenvalue weighted by atomic mass is 9.44. The molecule has 0 heterocycles. The average molecular weight is 1400 g/mol. The number of hydrogen-bond donors (Lipinski definition) is 1. The maximum atomic E-state index is 14.0. The second-order valence-electron chi connectivity index (χ2n) is 26.6. The van der Waals surface area contributed by atoms with Gasteiger partial charge in [-0.05, 0) is 139 Å². The molecule has 8 aliphatic carbocycles. The average Bonchev–Trinajstić information content (AvgIpc) is 1.38. The molecule has 1 N–H and O–H groups in total. The molecule has 6 saturated carbocycles. The summed E-state index contributed by atoms with van der Waals surface area (Å²) >= 11 is 0. The van der Waals surface area contributed by atoms with E-state index in [2.05, 4.69) is 40.9 Å². The van der Waals surface area contributed by atoms with Crippen LogP contribution in [0.3, 0.4) is 0 Å². The van der Waals surface area contributed by atoms with Gasteiger partial charge in [-0.1, -0.05) is 78.7 Å². The molecule has 16 atom stereocenters. The van der Waals surface area contributed by atoms with Crippen molar-refractivity contribution in [3.8, 4) is 0 Å². The second-order valence-corrected chi connectivity index (χ2v) is 32.2. The van der Waals surface area contributed by atoms with Crippen LogP contribution in [0.2, 0.25) is 0 Å². The zero-order valence-corrected chi connectivity index (χ0v) is 58.9. The fourth-order valence-electron chi connectivity index (χ4n) is 17.5. The molecule has 0 radical (unpaired) electrons. The molecule has 6 fully saturated rings. The van der Waals surface area contributed by atoms with Crippen molar-refractivity contribution in [3.63, 3.8) is 0 Å². The number of aliphatic hydroxyl groups excluding tert-OH is 1. The van der Waals surface area contributed by atoms with Gasteiger partial charge < -0.3 is 46.9 Å². The molecule has 0 aromatic carbocycles. The quantitative estimate of drug-likeness (QED) is 0.0308. The van der Waals surface area contributed by atoms with E-state index in [4.69, 9.17) is 32.7 Å². The van der Waals surface area contributed by atoms with Gasteiger partial charge in [-0.2, -0.15) is 21.6 Å². The third kappa shape index (κ3) is 15.5. The predicted octanol–water partition coefficient (Wildman–Crippen LogP) is 11.0. The minimum Gasteiger partial charge on any atom is -0.458 e. The number of ketones is 4. The Morgan fingerprint density at radius 3 is 1.38 bits per heavy atom. The van der Waals surface area contributed by atoms with E-state index < -0.39 is 131 Å². The molecule has 0 bridgehead atoms. The molecule has 8 rings (SSSR count). The summed E-state index contributed by atoms with van der Waals surface area (Å²) in [6.45, 7) is 23.8. The minimum absolute atomic E-state index is 0.0182. The fraction of sp³-hybridized carbons (Fsp3) is 0.754. The van der Waals surface area contributed by atoms with Gasteiger partial charge in [0, 0.05) is 60.2 Å². The monoisotopic (exact) mass is 1390 g/mol. The highest BCUT2D eigenvalue weighted by molar-refractivity contribution is 7.87. The second kappa shape index (κ2) is 30.3. The smallest absolute Gasteiger partial charge is 0.458 e. The third-order valence-electron chi connectivity index (χ3n) is 21.1. The van der Waals surface area contributed by atoms with Crippen molar-refractivity contribution in [1.82, 2.24) is 0 Å². The van der Waals surface area contributed by atoms with Crippen LogP contribution in [0.15, 0.2) is 47.6 Å². The Morgan fingerprint density at radius 2 is 1.00 bits per heavy atom. The highest BCUT2D eigenvalue weighted by atomic mass is 32.2. The summed E-state index contributed by atoms with van der Waals surface area (Å²) in [5.74, 6) is -2.90. The van der Waals surface area contributed by atoms with Gasteiger partial charge in [0.25, 0.3) is 0 Å². The van der Waals surface area contributed by atoms with Crippen LogP contribution in [0.5, 0.6) is 0 Å². The molecule has 94 heavy (non-hydrogen) atoms. The molecule has 0 aliphatic heterocycles. The van der Waals surface area contributed by atoms with Crippen LogP contribution >= 0.6 is 15.2 Å². The minimum atomic E-state index is -5.80. The van der Waals surface area contributed by atoms with Crippen LogP contribution in [0.25, 0.3) is 0 Å². The molecule has 530 valence electrons. The van der Waals surface area contributed by atoms with Crippen molar-refractivity contribution in [3.05, 3.63) is 47.6 Å². The van der Waals surface area contributed by atoms with Gasteiger partial charge in [-0.15, -0.1) is 0 Å². The van der Waals surface area contributed by atoms with Crippen molar-refractivity contribution in [2.24, 2.45) is 69.0 Å². The maximum Gasteiger partial charge on any atom is 0.523 e. The van der Waals surface area contributed by atoms with E-state index in [-0.39, 0.29) is 105 Å². The molecular weight excluding hydrogens is 1300 g/mol. The number of ether oxygens (including phenoxy) is 5. The van der Waals surface area contributed by atoms with E-state index in [0.717, 1.165) is 24.0 Å². The lowest BCUT2D eigenvalue weighted by Crippen LogP contribution is -2.64. The lowest BCUT2D eigenvalue weighted by Gasteiger charge is -2.61. The topological polar surface area (TPSA) is 317 Å². The summed E-state index contributed by atoms with van der Waals surface area (Å²) in [6.07, 6.45) is 12.1. The van der Waals surface area contributed by atoms with E-state index in [0.29, 0.717) is 38.5 Å². The number of aliphatic hydroxyl groups is 1. The van der Waals surface area contributed by atoms with Gasteiger partial charge in [-0.3, -0.25) is 51.7 Å². The molecule has 0 aromatic heterocycles. The van der Waals surface area contributed by atoms with Crippen molar-refractivity contribution in [1.29, 1.82) is 0 Å². The lowest BCUT2D eigenvalue weighted by molar-refractivity contribution is -0.205. The first kappa shape index (κ1) is 78.4. The Hall–Kier alpha value is -4.56. The Bertz CT molecular complexity index is 3220. The van der Waals surface area contributed by atoms with E-state index in [1.165, 1.54) is 27.7 Å². The van der Waals surface area contributed by atoms with Gasteiger partial charge >= 0.3 is 54.7 Å². The number of fused-ring (bicyclic) bond motifs is 10. The van der Waals surface area contributed by atoms with Crippen LogP contribution in [-0.2, 0) is 104 Å². The molecule has 29 heteroatoms. The number of carbonyl (C=O) groups excluding carboxylic acids is 8. The molecule has 0 saturated heterocycles. The van der Waals surface area contributed by atoms with E-state index in [1.54, 1.807) is 52.0 Å². The predicted molar refractivity (Wildman–Crippen MR) is 333 cm³/mol. The molecular formula is C65H95F3O23P2S. The summed E-state index contributed by atoms with van der Waals surface area (Å²) < 4.78 is 134. The molecule has 0 aromatic rings. The number of Topliss-reactive ketones (excluding diaryl/α,β-unsaturated/α-hetero) is 2. The summed E-state index contributed by atoms with van der Waals surface area (Å²) in [5, 5.41) is 11.6. The Morgan fingerprint density at radius 1 is 0.617 bits per heavy atom. The standard InChI is InChI=1S/C32H47O10P.C27H36O7.C6H12F3O6PS/c1-8-28(36)42-32(27(35)18-38-21(5)33)14-12-24-23-15-20(4)25-16-22(34)11-13-30(25,6)29(23)26(17-31(24,32)7)39-19-43(37,40-9-2)41-10-3;1-6-23(32)34-27(22(31)14-33-16(3)28)10-8-19-18-11-15(2)20-12-17(29)7-9-25(20,4)24(18)21(30)13-26(19,27)5;1-3-13-16(10,14-4-2)5-15-17(11,12)6(7,8)9/h11,13,16,20,23-24,26,29H,8-10,12,14-15,17-19H2,1-7H3;7,9,12,15,18-19,21,24,30H,6,8,10-11,13-14H2,1-5H3;3-5H2,1-2H3/t20-,23-,24-,26-,29+,30-,31-,32-;15-,18-,19-,21-,24+,25-,26-,27-;/m00./s1. The summed E-state index contributed by atoms with van der Waals surface area (Å²) in [7, 11) is -13.4. The Labute approximate surface area is 549 Å².